The fourth-order valence-electron chi connectivity index (χ4n) is 3.49. The van der Waals surface area contributed by atoms with Crippen molar-refractivity contribution in [3.8, 4) is 16.2 Å². The van der Waals surface area contributed by atoms with Gasteiger partial charge in [-0.25, -0.2) is 9.37 Å². The van der Waals surface area contributed by atoms with E-state index in [1.54, 1.807) is 39.1 Å². The zero-order valence-electron chi connectivity index (χ0n) is 21.2. The van der Waals surface area contributed by atoms with Gasteiger partial charge in [-0.05, 0) is 35.1 Å². The predicted octanol–water partition coefficient (Wildman–Crippen LogP) is 5.30. The molecule has 0 saturated heterocycles. The Balaban J connectivity index is 1.71. The van der Waals surface area contributed by atoms with Gasteiger partial charge in [-0.2, -0.15) is 4.39 Å². The van der Waals surface area contributed by atoms with E-state index in [1.165, 1.54) is 23.5 Å². The van der Waals surface area contributed by atoms with Crippen LogP contribution in [0.15, 0.2) is 48.7 Å². The summed E-state index contributed by atoms with van der Waals surface area (Å²) >= 11 is 1.23. The van der Waals surface area contributed by atoms with Crippen molar-refractivity contribution in [1.29, 1.82) is 0 Å². The number of anilines is 1. The standard InChI is InChI=1S/C27H31F2N3O4S/c1-5-9-19(31-25(35)23(33)27(2,3)4)24(34)32-26-30-14-21(37-26)17-11-7-6-10-16(17)15-36-20-13-8-12-18(28)22(20)29/h6-8,10-14,19,23,33H,5,9,15H2,1-4H3,(H,31,35)(H,30,32,34)/t19-,23+/m0/s1. The van der Waals surface area contributed by atoms with E-state index in [2.05, 4.69) is 15.6 Å². The minimum atomic E-state index is -1.26. The maximum atomic E-state index is 14.0. The molecule has 0 fully saturated rings. The van der Waals surface area contributed by atoms with E-state index in [4.69, 9.17) is 4.74 Å². The number of ether oxygens (including phenoxy) is 1. The van der Waals surface area contributed by atoms with Crippen LogP contribution < -0.4 is 15.4 Å². The Bertz CT molecular complexity index is 1240. The van der Waals surface area contributed by atoms with E-state index in [9.17, 15) is 23.5 Å². The van der Waals surface area contributed by atoms with E-state index in [0.717, 1.165) is 22.1 Å². The molecule has 10 heteroatoms. The monoisotopic (exact) mass is 531 g/mol. The van der Waals surface area contributed by atoms with Crippen molar-refractivity contribution in [3.05, 3.63) is 65.9 Å². The summed E-state index contributed by atoms with van der Waals surface area (Å²) in [6.45, 7) is 7.10. The molecule has 1 heterocycles. The van der Waals surface area contributed by atoms with Gasteiger partial charge < -0.3 is 20.5 Å². The van der Waals surface area contributed by atoms with Gasteiger partial charge in [0.2, 0.25) is 17.6 Å². The topological polar surface area (TPSA) is 101 Å². The van der Waals surface area contributed by atoms with Crippen LogP contribution in [0.5, 0.6) is 5.75 Å². The highest BCUT2D eigenvalue weighted by molar-refractivity contribution is 7.19. The molecule has 37 heavy (non-hydrogen) atoms. The number of halogens is 2. The molecule has 198 valence electrons. The van der Waals surface area contributed by atoms with Crippen LogP contribution in [0.3, 0.4) is 0 Å². The number of carbonyl (C=O) groups excluding carboxylic acids is 2. The Morgan fingerprint density at radius 3 is 2.54 bits per heavy atom. The molecule has 3 rings (SSSR count). The Morgan fingerprint density at radius 1 is 1.11 bits per heavy atom. The quantitative estimate of drug-likeness (QED) is 0.330. The van der Waals surface area contributed by atoms with Gasteiger partial charge in [0.1, 0.15) is 18.8 Å². The maximum absolute atomic E-state index is 14.0. The minimum absolute atomic E-state index is 0.00313. The number of carbonyl (C=O) groups is 2. The summed E-state index contributed by atoms with van der Waals surface area (Å²) in [4.78, 5) is 30.4. The number of amides is 2. The summed E-state index contributed by atoms with van der Waals surface area (Å²) in [6.07, 6.45) is 1.37. The lowest BCUT2D eigenvalue weighted by Gasteiger charge is -2.26. The molecule has 0 bridgehead atoms. The number of nitrogens with zero attached hydrogens (tertiary/aromatic N) is 1. The van der Waals surface area contributed by atoms with E-state index in [0.29, 0.717) is 18.0 Å². The molecule has 3 N–H and O–H groups in total. The number of nitrogens with one attached hydrogen (secondary N) is 2. The molecular weight excluding hydrogens is 500 g/mol. The van der Waals surface area contributed by atoms with E-state index in [-0.39, 0.29) is 12.4 Å². The Labute approximate surface area is 218 Å². The zero-order chi connectivity index (χ0) is 27.2. The van der Waals surface area contributed by atoms with Gasteiger partial charge in [0.15, 0.2) is 16.7 Å². The Hall–Kier alpha value is -3.37. The fraction of sp³-hybridized carbons (Fsp3) is 0.370. The first-order valence-electron chi connectivity index (χ1n) is 11.9. The largest absolute Gasteiger partial charge is 0.486 e. The van der Waals surface area contributed by atoms with Crippen molar-refractivity contribution in [1.82, 2.24) is 10.3 Å². The van der Waals surface area contributed by atoms with E-state index in [1.807, 2.05) is 19.1 Å². The van der Waals surface area contributed by atoms with Gasteiger partial charge in [0.05, 0.1) is 4.88 Å². The lowest BCUT2D eigenvalue weighted by molar-refractivity contribution is -0.137. The molecule has 3 aromatic rings. The summed E-state index contributed by atoms with van der Waals surface area (Å²) in [5.74, 6) is -3.27. The molecule has 1 aromatic heterocycles. The third-order valence-electron chi connectivity index (χ3n) is 5.60. The second-order valence-electron chi connectivity index (χ2n) is 9.64. The highest BCUT2D eigenvalue weighted by Crippen LogP contribution is 2.32. The molecule has 0 spiro atoms. The van der Waals surface area contributed by atoms with Crippen LogP contribution >= 0.6 is 11.3 Å². The van der Waals surface area contributed by atoms with Gasteiger partial charge in [-0.3, -0.25) is 9.59 Å². The van der Waals surface area contributed by atoms with Crippen molar-refractivity contribution in [2.24, 2.45) is 5.41 Å². The number of rotatable bonds is 10. The molecular formula is C27H31F2N3O4S. The molecule has 0 unspecified atom stereocenters. The summed E-state index contributed by atoms with van der Waals surface area (Å²) in [7, 11) is 0. The summed E-state index contributed by atoms with van der Waals surface area (Å²) in [5, 5.41) is 15.9. The zero-order valence-corrected chi connectivity index (χ0v) is 22.0. The molecule has 0 aliphatic carbocycles. The van der Waals surface area contributed by atoms with Crippen LogP contribution in [0, 0.1) is 17.0 Å². The van der Waals surface area contributed by atoms with Crippen LogP contribution in [-0.2, 0) is 16.2 Å². The van der Waals surface area contributed by atoms with Crippen LogP contribution in [0.1, 0.15) is 46.1 Å². The molecule has 0 radical (unpaired) electrons. The minimum Gasteiger partial charge on any atom is -0.486 e. The second-order valence-corrected chi connectivity index (χ2v) is 10.7. The normalized spacial score (nSPS) is 13.1. The van der Waals surface area contributed by atoms with Crippen LogP contribution in [-0.4, -0.2) is 34.1 Å². The van der Waals surface area contributed by atoms with Crippen LogP contribution in [0.25, 0.3) is 10.4 Å². The number of aromatic nitrogens is 1. The van der Waals surface area contributed by atoms with Crippen LogP contribution in [0.2, 0.25) is 0 Å². The average molecular weight is 532 g/mol. The first-order valence-corrected chi connectivity index (χ1v) is 12.7. The molecule has 2 atom stereocenters. The average Bonchev–Trinajstić information content (AvgIpc) is 3.32. The maximum Gasteiger partial charge on any atom is 0.250 e. The summed E-state index contributed by atoms with van der Waals surface area (Å²) in [6, 6.07) is 10.2. The van der Waals surface area contributed by atoms with Crippen molar-refractivity contribution in [2.75, 3.05) is 5.32 Å². The van der Waals surface area contributed by atoms with E-state index >= 15 is 0 Å². The van der Waals surface area contributed by atoms with Gasteiger partial charge in [-0.15, -0.1) is 0 Å². The Morgan fingerprint density at radius 2 is 1.84 bits per heavy atom. The fourth-order valence-corrected chi connectivity index (χ4v) is 4.37. The van der Waals surface area contributed by atoms with Gasteiger partial charge in [0, 0.05) is 6.20 Å². The molecule has 0 saturated carbocycles. The van der Waals surface area contributed by atoms with Gasteiger partial charge >= 0.3 is 0 Å². The first-order chi connectivity index (χ1) is 17.5. The number of aliphatic hydroxyl groups is 1. The van der Waals surface area contributed by atoms with Crippen molar-refractivity contribution < 1.29 is 28.2 Å². The van der Waals surface area contributed by atoms with Crippen LogP contribution in [0.4, 0.5) is 13.9 Å². The molecule has 0 aliphatic rings. The number of thiazole rings is 1. The smallest absolute Gasteiger partial charge is 0.250 e. The number of hydrogen-bond donors (Lipinski definition) is 3. The van der Waals surface area contributed by atoms with Crippen molar-refractivity contribution in [3.63, 3.8) is 0 Å². The third-order valence-corrected chi connectivity index (χ3v) is 6.54. The lowest BCUT2D eigenvalue weighted by Crippen LogP contribution is -2.50. The van der Waals surface area contributed by atoms with Crippen molar-refractivity contribution >= 4 is 28.3 Å². The first kappa shape index (κ1) is 28.2. The predicted molar refractivity (Wildman–Crippen MR) is 139 cm³/mol. The van der Waals surface area contributed by atoms with Gasteiger partial charge in [-0.1, -0.05) is 75.8 Å². The molecule has 2 aromatic carbocycles. The summed E-state index contributed by atoms with van der Waals surface area (Å²) < 4.78 is 33.0. The number of hydrogen-bond acceptors (Lipinski definition) is 6. The number of benzene rings is 2. The van der Waals surface area contributed by atoms with Gasteiger partial charge in [0.25, 0.3) is 0 Å². The lowest BCUT2D eigenvalue weighted by atomic mass is 9.88. The highest BCUT2D eigenvalue weighted by Gasteiger charge is 2.32. The third kappa shape index (κ3) is 7.33. The molecule has 7 nitrogen and oxygen atoms in total. The van der Waals surface area contributed by atoms with Crippen molar-refractivity contribution in [2.45, 2.75) is 59.3 Å². The summed E-state index contributed by atoms with van der Waals surface area (Å²) in [5.41, 5.74) is 0.822. The Kier molecular flexibility index (Phi) is 9.34. The highest BCUT2D eigenvalue weighted by atomic mass is 32.1. The number of aliphatic hydroxyl groups excluding tert-OH is 1. The second kappa shape index (κ2) is 12.2. The molecule has 2 amide bonds. The van der Waals surface area contributed by atoms with E-state index < -0.39 is 41.0 Å². The SMILES string of the molecule is CCC[C@H](NC(=O)[C@@H](O)C(C)(C)C)C(=O)Nc1ncc(-c2ccccc2COc2cccc(F)c2F)s1. The molecule has 0 aliphatic heterocycles.